The van der Waals surface area contributed by atoms with Gasteiger partial charge < -0.3 is 15.4 Å². The first-order valence-electron chi connectivity index (χ1n) is 6.80. The molecule has 0 spiro atoms. The maximum atomic E-state index is 11.8. The molecule has 1 aliphatic heterocycles. The minimum absolute atomic E-state index is 0.367. The number of carbonyl (C=O) groups excluding carboxylic acids is 1. The lowest BCUT2D eigenvalue weighted by Crippen LogP contribution is -2.20. The van der Waals surface area contributed by atoms with Crippen LogP contribution in [0.15, 0.2) is 12.1 Å². The number of benzene rings is 1. The van der Waals surface area contributed by atoms with E-state index in [4.69, 9.17) is 10.5 Å². The molecule has 0 radical (unpaired) electrons. The number of carbonyl (C=O) groups is 1. The van der Waals surface area contributed by atoms with Crippen LogP contribution in [0.5, 0.6) is 0 Å². The van der Waals surface area contributed by atoms with Crippen LogP contribution >= 0.6 is 0 Å². The maximum Gasteiger partial charge on any atom is 0.340 e. The van der Waals surface area contributed by atoms with Crippen LogP contribution in [0.3, 0.4) is 0 Å². The number of nitrogens with two attached hydrogens (primary N) is 1. The second kappa shape index (κ2) is 5.51. The number of hydrogen-bond acceptors (Lipinski definition) is 4. The Bertz CT molecular complexity index is 485. The van der Waals surface area contributed by atoms with E-state index in [9.17, 15) is 4.79 Å². The maximum absolute atomic E-state index is 11.8. The first kappa shape index (κ1) is 13.7. The molecule has 0 aliphatic carbocycles. The van der Waals surface area contributed by atoms with Crippen molar-refractivity contribution in [3.05, 3.63) is 23.3 Å². The average molecular weight is 262 g/mol. The summed E-state index contributed by atoms with van der Waals surface area (Å²) in [6, 6.07) is 3.91. The molecule has 0 saturated carbocycles. The van der Waals surface area contributed by atoms with Crippen molar-refractivity contribution in [2.75, 3.05) is 30.8 Å². The van der Waals surface area contributed by atoms with E-state index in [2.05, 4.69) is 17.9 Å². The molecule has 2 rings (SSSR count). The molecule has 19 heavy (non-hydrogen) atoms. The van der Waals surface area contributed by atoms with Crippen LogP contribution in [-0.2, 0) is 4.74 Å². The van der Waals surface area contributed by atoms with Crippen molar-refractivity contribution in [2.45, 2.75) is 26.7 Å². The highest BCUT2D eigenvalue weighted by molar-refractivity contribution is 5.97. The van der Waals surface area contributed by atoms with E-state index >= 15 is 0 Å². The highest BCUT2D eigenvalue weighted by atomic mass is 16.5. The van der Waals surface area contributed by atoms with Crippen molar-refractivity contribution in [3.8, 4) is 0 Å². The predicted octanol–water partition coefficient (Wildman–Crippen LogP) is 2.60. The second-order valence-corrected chi connectivity index (χ2v) is 5.22. The van der Waals surface area contributed by atoms with Gasteiger partial charge in [-0.25, -0.2) is 4.79 Å². The molecule has 1 heterocycles. The first-order valence-corrected chi connectivity index (χ1v) is 6.80. The van der Waals surface area contributed by atoms with Crippen molar-refractivity contribution in [1.82, 2.24) is 0 Å². The molecule has 1 atom stereocenters. The molecular weight excluding hydrogens is 240 g/mol. The van der Waals surface area contributed by atoms with Crippen LogP contribution in [0.2, 0.25) is 0 Å². The number of rotatable bonds is 3. The Kier molecular flexibility index (Phi) is 3.98. The summed E-state index contributed by atoms with van der Waals surface area (Å²) in [5.41, 5.74) is 8.95. The lowest BCUT2D eigenvalue weighted by molar-refractivity contribution is 0.0602. The quantitative estimate of drug-likeness (QED) is 0.672. The molecule has 1 fully saturated rings. The number of nitrogens with zero attached hydrogens (tertiary/aromatic N) is 1. The topological polar surface area (TPSA) is 55.6 Å². The van der Waals surface area contributed by atoms with Crippen molar-refractivity contribution >= 4 is 17.3 Å². The SMILES string of the molecule is CCC1CCN(c2cc(C)c(N)c(C(=O)OC)c2)C1. The largest absolute Gasteiger partial charge is 0.465 e. The van der Waals surface area contributed by atoms with Crippen LogP contribution in [0.4, 0.5) is 11.4 Å². The number of methoxy groups -OCH3 is 1. The number of ether oxygens (including phenoxy) is 1. The number of aryl methyl sites for hydroxylation is 1. The molecular formula is C15H22N2O2. The molecule has 4 nitrogen and oxygen atoms in total. The zero-order valence-electron chi connectivity index (χ0n) is 11.9. The Morgan fingerprint density at radius 2 is 2.26 bits per heavy atom. The van der Waals surface area contributed by atoms with Gasteiger partial charge in [0.2, 0.25) is 0 Å². The Hall–Kier alpha value is -1.71. The first-order chi connectivity index (χ1) is 9.06. The molecule has 0 aromatic heterocycles. The molecule has 1 aliphatic rings. The van der Waals surface area contributed by atoms with Crippen molar-refractivity contribution < 1.29 is 9.53 Å². The molecule has 4 heteroatoms. The second-order valence-electron chi connectivity index (χ2n) is 5.22. The van der Waals surface area contributed by atoms with E-state index in [0.717, 1.165) is 30.3 Å². The number of esters is 1. The lowest BCUT2D eigenvalue weighted by atomic mass is 10.1. The van der Waals surface area contributed by atoms with E-state index in [1.807, 2.05) is 13.0 Å². The van der Waals surface area contributed by atoms with E-state index in [-0.39, 0.29) is 5.97 Å². The third kappa shape index (κ3) is 2.67. The Balaban J connectivity index is 2.32. The molecule has 0 amide bonds. The van der Waals surface area contributed by atoms with Gasteiger partial charge in [0.05, 0.1) is 12.7 Å². The zero-order chi connectivity index (χ0) is 14.0. The molecule has 1 aromatic rings. The van der Waals surface area contributed by atoms with Crippen LogP contribution in [0.1, 0.15) is 35.7 Å². The summed E-state index contributed by atoms with van der Waals surface area (Å²) in [6.45, 7) is 6.25. The summed E-state index contributed by atoms with van der Waals surface area (Å²) in [6.07, 6.45) is 2.42. The molecule has 2 N–H and O–H groups in total. The summed E-state index contributed by atoms with van der Waals surface area (Å²) in [5, 5.41) is 0. The third-order valence-corrected chi connectivity index (χ3v) is 4.01. The normalized spacial score (nSPS) is 18.7. The Labute approximate surface area is 114 Å². The van der Waals surface area contributed by atoms with Gasteiger partial charge in [-0.1, -0.05) is 13.3 Å². The lowest BCUT2D eigenvalue weighted by Gasteiger charge is -2.21. The van der Waals surface area contributed by atoms with Gasteiger partial charge in [-0.3, -0.25) is 0 Å². The van der Waals surface area contributed by atoms with E-state index in [0.29, 0.717) is 11.3 Å². The predicted molar refractivity (Wildman–Crippen MR) is 77.5 cm³/mol. The minimum atomic E-state index is -0.367. The van der Waals surface area contributed by atoms with Gasteiger partial charge in [-0.05, 0) is 37.0 Å². The van der Waals surface area contributed by atoms with Crippen LogP contribution < -0.4 is 10.6 Å². The van der Waals surface area contributed by atoms with Crippen LogP contribution in [-0.4, -0.2) is 26.2 Å². The number of hydrogen-bond donors (Lipinski definition) is 1. The third-order valence-electron chi connectivity index (χ3n) is 4.01. The van der Waals surface area contributed by atoms with E-state index in [1.165, 1.54) is 20.0 Å². The van der Waals surface area contributed by atoms with E-state index in [1.54, 1.807) is 0 Å². The standard InChI is InChI=1S/C15H22N2O2/c1-4-11-5-6-17(9-11)12-7-10(2)14(16)13(8-12)15(18)19-3/h7-8,11H,4-6,9,16H2,1-3H3. The van der Waals surface area contributed by atoms with Gasteiger partial charge in [-0.15, -0.1) is 0 Å². The molecule has 1 saturated heterocycles. The van der Waals surface area contributed by atoms with Gasteiger partial charge in [0, 0.05) is 24.5 Å². The van der Waals surface area contributed by atoms with Gasteiger partial charge in [0.1, 0.15) is 0 Å². The average Bonchev–Trinajstić information content (AvgIpc) is 2.89. The summed E-state index contributed by atoms with van der Waals surface area (Å²) in [5.74, 6) is 0.383. The van der Waals surface area contributed by atoms with E-state index < -0.39 is 0 Å². The van der Waals surface area contributed by atoms with Gasteiger partial charge in [0.25, 0.3) is 0 Å². The highest BCUT2D eigenvalue weighted by Crippen LogP contribution is 2.30. The van der Waals surface area contributed by atoms with Crippen molar-refractivity contribution in [2.24, 2.45) is 5.92 Å². The summed E-state index contributed by atoms with van der Waals surface area (Å²) in [7, 11) is 1.38. The fourth-order valence-electron chi connectivity index (χ4n) is 2.64. The monoisotopic (exact) mass is 262 g/mol. The van der Waals surface area contributed by atoms with Crippen LogP contribution in [0.25, 0.3) is 0 Å². The Morgan fingerprint density at radius 1 is 1.53 bits per heavy atom. The highest BCUT2D eigenvalue weighted by Gasteiger charge is 2.23. The van der Waals surface area contributed by atoms with Gasteiger partial charge >= 0.3 is 5.97 Å². The summed E-state index contributed by atoms with van der Waals surface area (Å²) >= 11 is 0. The Morgan fingerprint density at radius 3 is 2.84 bits per heavy atom. The van der Waals surface area contributed by atoms with Crippen molar-refractivity contribution in [1.29, 1.82) is 0 Å². The fourth-order valence-corrected chi connectivity index (χ4v) is 2.64. The number of nitrogen functional groups attached to an aromatic ring is 1. The molecule has 1 unspecified atom stereocenters. The van der Waals surface area contributed by atoms with Gasteiger partial charge in [0.15, 0.2) is 0 Å². The van der Waals surface area contributed by atoms with Crippen molar-refractivity contribution in [3.63, 3.8) is 0 Å². The molecule has 1 aromatic carbocycles. The van der Waals surface area contributed by atoms with Gasteiger partial charge in [-0.2, -0.15) is 0 Å². The smallest absolute Gasteiger partial charge is 0.340 e. The zero-order valence-corrected chi connectivity index (χ0v) is 11.9. The minimum Gasteiger partial charge on any atom is -0.465 e. The summed E-state index contributed by atoms with van der Waals surface area (Å²) < 4.78 is 4.79. The van der Waals surface area contributed by atoms with Crippen LogP contribution in [0, 0.1) is 12.8 Å². The molecule has 0 bridgehead atoms. The number of anilines is 2. The molecule has 104 valence electrons. The summed E-state index contributed by atoms with van der Waals surface area (Å²) in [4.78, 5) is 14.1. The fraction of sp³-hybridized carbons (Fsp3) is 0.533.